The molecule has 4 atom stereocenters. The maximum absolute atomic E-state index is 12.4. The molecular weight excluding hydrogens is 375 g/mol. The molecule has 3 saturated carbocycles. The molecule has 0 amide bonds. The Morgan fingerprint density at radius 2 is 2.00 bits per heavy atom. The standard InChI is InChI=1S/C22H30BClO4/c1-20(2,3)26-19(25)9-13-7-8-15(24)12-16(13)23-27-18-11-14-10-17(21(14,4)5)22(18,6)28-23/h7-8,12,14,17-18H,9-11H2,1-6H3/t14-,17-,18+,22-/m0/s1. The smallest absolute Gasteiger partial charge is 0.460 e. The molecule has 6 heteroatoms. The molecule has 28 heavy (non-hydrogen) atoms. The zero-order valence-corrected chi connectivity index (χ0v) is 18.4. The quantitative estimate of drug-likeness (QED) is 0.560. The van der Waals surface area contributed by atoms with Gasteiger partial charge in [0.1, 0.15) is 5.60 Å². The molecule has 1 aliphatic heterocycles. The van der Waals surface area contributed by atoms with Crippen molar-refractivity contribution in [3.8, 4) is 0 Å². The van der Waals surface area contributed by atoms with Crippen LogP contribution < -0.4 is 5.46 Å². The van der Waals surface area contributed by atoms with Crippen LogP contribution in [0.15, 0.2) is 18.2 Å². The fourth-order valence-electron chi connectivity index (χ4n) is 5.48. The topological polar surface area (TPSA) is 44.8 Å². The average Bonchev–Trinajstić information content (AvgIpc) is 2.91. The van der Waals surface area contributed by atoms with E-state index in [0.717, 1.165) is 17.4 Å². The van der Waals surface area contributed by atoms with Crippen LogP contribution in [0.2, 0.25) is 5.02 Å². The van der Waals surface area contributed by atoms with Gasteiger partial charge in [-0.05, 0) is 80.9 Å². The van der Waals surface area contributed by atoms with Gasteiger partial charge in [0.25, 0.3) is 0 Å². The first kappa shape index (κ1) is 20.2. The van der Waals surface area contributed by atoms with Gasteiger partial charge >= 0.3 is 13.1 Å². The molecule has 4 nitrogen and oxygen atoms in total. The molecule has 1 aromatic carbocycles. The summed E-state index contributed by atoms with van der Waals surface area (Å²) in [6.45, 7) is 12.5. The van der Waals surface area contributed by atoms with Crippen molar-refractivity contribution in [2.24, 2.45) is 17.3 Å². The number of hydrogen-bond acceptors (Lipinski definition) is 4. The summed E-state index contributed by atoms with van der Waals surface area (Å²) in [5.74, 6) is 0.918. The molecule has 0 aromatic heterocycles. The van der Waals surface area contributed by atoms with Crippen molar-refractivity contribution in [2.75, 3.05) is 0 Å². The van der Waals surface area contributed by atoms with Crippen LogP contribution in [-0.2, 0) is 25.3 Å². The van der Waals surface area contributed by atoms with Crippen LogP contribution in [-0.4, -0.2) is 30.4 Å². The summed E-state index contributed by atoms with van der Waals surface area (Å²) >= 11 is 6.28. The van der Waals surface area contributed by atoms with Crippen LogP contribution in [0.1, 0.15) is 59.9 Å². The van der Waals surface area contributed by atoms with Gasteiger partial charge < -0.3 is 14.0 Å². The lowest BCUT2D eigenvalue weighted by atomic mass is 9.43. The summed E-state index contributed by atoms with van der Waals surface area (Å²) in [5.41, 5.74) is 1.16. The van der Waals surface area contributed by atoms with E-state index >= 15 is 0 Å². The lowest BCUT2D eigenvalue weighted by molar-refractivity contribution is -0.199. The molecule has 1 aromatic rings. The molecule has 3 aliphatic carbocycles. The maximum atomic E-state index is 12.4. The number of carbonyl (C=O) groups is 1. The normalized spacial score (nSPS) is 33.2. The molecule has 152 valence electrons. The van der Waals surface area contributed by atoms with Crippen molar-refractivity contribution >= 4 is 30.2 Å². The van der Waals surface area contributed by atoms with Gasteiger partial charge in [-0.25, -0.2) is 0 Å². The second-order valence-corrected chi connectivity index (χ2v) is 10.8. The van der Waals surface area contributed by atoms with Gasteiger partial charge in [0.15, 0.2) is 0 Å². The highest BCUT2D eigenvalue weighted by molar-refractivity contribution is 6.63. The third-order valence-electron chi connectivity index (χ3n) is 7.07. The van der Waals surface area contributed by atoms with E-state index < -0.39 is 12.7 Å². The SMILES string of the molecule is CC(C)(C)OC(=O)Cc1ccc(Cl)cc1B1O[C@@H]2C[C@@H]3C[C@@H](C3(C)C)[C@]2(C)O1. The molecule has 1 heterocycles. The Labute approximate surface area is 173 Å². The summed E-state index contributed by atoms with van der Waals surface area (Å²) in [4.78, 5) is 12.4. The van der Waals surface area contributed by atoms with Crippen molar-refractivity contribution in [1.82, 2.24) is 0 Å². The molecule has 1 saturated heterocycles. The fraction of sp³-hybridized carbons (Fsp3) is 0.682. The van der Waals surface area contributed by atoms with E-state index in [1.54, 1.807) is 6.07 Å². The molecule has 4 aliphatic rings. The molecular formula is C22H30BClO4. The first-order chi connectivity index (χ1) is 12.9. The Kier molecular flexibility index (Phi) is 4.69. The van der Waals surface area contributed by atoms with E-state index in [4.69, 9.17) is 25.6 Å². The highest BCUT2D eigenvalue weighted by Crippen LogP contribution is 2.65. The van der Waals surface area contributed by atoms with Crippen molar-refractivity contribution in [3.63, 3.8) is 0 Å². The lowest BCUT2D eigenvalue weighted by Gasteiger charge is -2.64. The third kappa shape index (κ3) is 3.30. The van der Waals surface area contributed by atoms with Crippen LogP contribution in [0.4, 0.5) is 0 Å². The Morgan fingerprint density at radius 3 is 2.64 bits per heavy atom. The van der Waals surface area contributed by atoms with E-state index in [1.165, 1.54) is 6.42 Å². The second kappa shape index (κ2) is 6.48. The Balaban J connectivity index is 1.58. The highest BCUT2D eigenvalue weighted by atomic mass is 35.5. The van der Waals surface area contributed by atoms with E-state index in [9.17, 15) is 4.79 Å². The molecule has 0 radical (unpaired) electrons. The molecule has 4 fully saturated rings. The monoisotopic (exact) mass is 404 g/mol. The minimum Gasteiger partial charge on any atom is -0.460 e. The zero-order chi connectivity index (χ0) is 20.5. The summed E-state index contributed by atoms with van der Waals surface area (Å²) in [5, 5.41) is 0.611. The van der Waals surface area contributed by atoms with Crippen LogP contribution >= 0.6 is 11.6 Å². The van der Waals surface area contributed by atoms with Gasteiger partial charge in [-0.1, -0.05) is 31.5 Å². The summed E-state index contributed by atoms with van der Waals surface area (Å²) < 4.78 is 18.5. The van der Waals surface area contributed by atoms with Crippen molar-refractivity contribution in [1.29, 1.82) is 0 Å². The van der Waals surface area contributed by atoms with Gasteiger partial charge in [0.2, 0.25) is 0 Å². The molecule has 5 rings (SSSR count). The summed E-state index contributed by atoms with van der Waals surface area (Å²) in [6, 6.07) is 5.54. The molecule has 0 spiro atoms. The number of hydrogen-bond donors (Lipinski definition) is 0. The summed E-state index contributed by atoms with van der Waals surface area (Å²) in [7, 11) is -0.499. The van der Waals surface area contributed by atoms with Gasteiger partial charge in [-0.15, -0.1) is 0 Å². The number of esters is 1. The third-order valence-corrected chi connectivity index (χ3v) is 7.30. The van der Waals surface area contributed by atoms with E-state index in [0.29, 0.717) is 16.9 Å². The predicted molar refractivity (Wildman–Crippen MR) is 111 cm³/mol. The number of benzene rings is 1. The Bertz CT molecular complexity index is 802. The van der Waals surface area contributed by atoms with Crippen LogP contribution in [0.3, 0.4) is 0 Å². The van der Waals surface area contributed by atoms with Crippen molar-refractivity contribution in [3.05, 3.63) is 28.8 Å². The highest BCUT2D eigenvalue weighted by Gasteiger charge is 2.68. The largest absolute Gasteiger partial charge is 0.495 e. The van der Waals surface area contributed by atoms with Crippen molar-refractivity contribution < 1.29 is 18.8 Å². The predicted octanol–water partition coefficient (Wildman–Crippen LogP) is 4.16. The van der Waals surface area contributed by atoms with E-state index in [1.807, 2.05) is 32.9 Å². The maximum Gasteiger partial charge on any atom is 0.495 e. The Morgan fingerprint density at radius 1 is 1.29 bits per heavy atom. The van der Waals surface area contributed by atoms with Gasteiger partial charge in [-0.2, -0.15) is 0 Å². The van der Waals surface area contributed by atoms with E-state index in [2.05, 4.69) is 20.8 Å². The molecule has 0 unspecified atom stereocenters. The fourth-order valence-corrected chi connectivity index (χ4v) is 5.66. The van der Waals surface area contributed by atoms with Crippen LogP contribution in [0.25, 0.3) is 0 Å². The van der Waals surface area contributed by atoms with E-state index in [-0.39, 0.29) is 29.5 Å². The lowest BCUT2D eigenvalue weighted by Crippen LogP contribution is -2.65. The minimum atomic E-state index is -0.515. The van der Waals surface area contributed by atoms with Crippen LogP contribution in [0, 0.1) is 17.3 Å². The van der Waals surface area contributed by atoms with Crippen molar-refractivity contribution in [2.45, 2.75) is 78.1 Å². The van der Waals surface area contributed by atoms with Gasteiger partial charge in [0.05, 0.1) is 18.1 Å². The average molecular weight is 405 g/mol. The minimum absolute atomic E-state index is 0.0858. The number of halogens is 1. The van der Waals surface area contributed by atoms with Crippen LogP contribution in [0.5, 0.6) is 0 Å². The number of ether oxygens (including phenoxy) is 1. The first-order valence-corrected chi connectivity index (χ1v) is 10.6. The molecule has 2 bridgehead atoms. The van der Waals surface area contributed by atoms with Gasteiger partial charge in [0, 0.05) is 5.02 Å². The number of rotatable bonds is 3. The first-order valence-electron chi connectivity index (χ1n) is 10.2. The second-order valence-electron chi connectivity index (χ2n) is 10.4. The zero-order valence-electron chi connectivity index (χ0n) is 17.7. The van der Waals surface area contributed by atoms with Gasteiger partial charge in [-0.3, -0.25) is 4.79 Å². The summed E-state index contributed by atoms with van der Waals surface area (Å²) in [6.07, 6.45) is 2.49. The molecule has 0 N–H and O–H groups in total. The Hall–Kier alpha value is -1.04. The number of carbonyl (C=O) groups excluding carboxylic acids is 1.